The fraction of sp³-hybridized carbons (Fsp3) is 0.286. The Balaban J connectivity index is 0.000000196. The number of hydrogen-bond donors (Lipinski definition) is 3. The third kappa shape index (κ3) is 5.54. The molecule has 0 aliphatic carbocycles. The summed E-state index contributed by atoms with van der Waals surface area (Å²) in [6.45, 7) is -0.0572. The first-order valence-corrected chi connectivity index (χ1v) is 9.55. The van der Waals surface area contributed by atoms with E-state index in [0.29, 0.717) is 5.75 Å². The maximum atomic E-state index is 11.4. The van der Waals surface area contributed by atoms with Crippen molar-refractivity contribution in [1.29, 1.82) is 0 Å². The van der Waals surface area contributed by atoms with E-state index >= 15 is 0 Å². The highest BCUT2D eigenvalue weighted by Gasteiger charge is 2.27. The van der Waals surface area contributed by atoms with Crippen molar-refractivity contribution in [3.63, 3.8) is 0 Å². The molecule has 2 aromatic rings. The van der Waals surface area contributed by atoms with Crippen LogP contribution in [-0.4, -0.2) is 45.4 Å². The van der Waals surface area contributed by atoms with Gasteiger partial charge < -0.3 is 15.6 Å². The fourth-order valence-corrected chi connectivity index (χ4v) is 3.35. The van der Waals surface area contributed by atoms with Crippen molar-refractivity contribution in [2.45, 2.75) is 16.6 Å². The number of ether oxygens (including phenoxy) is 1. The molecule has 1 fully saturated rings. The first-order valence-electron chi connectivity index (χ1n) is 7.06. The summed E-state index contributed by atoms with van der Waals surface area (Å²) in [7, 11) is -4.00. The molecule has 2 heterocycles. The molecule has 25 heavy (non-hydrogen) atoms. The summed E-state index contributed by atoms with van der Waals surface area (Å²) < 4.78 is 36.0. The molecule has 0 bridgehead atoms. The summed E-state index contributed by atoms with van der Waals surface area (Å²) in [5.41, 5.74) is 4.67. The van der Waals surface area contributed by atoms with Gasteiger partial charge in [0.1, 0.15) is 17.5 Å². The van der Waals surface area contributed by atoms with Crippen LogP contribution in [0.4, 0.5) is 5.82 Å². The average Bonchev–Trinajstić information content (AvgIpc) is 3.04. The van der Waals surface area contributed by atoms with E-state index in [0.717, 1.165) is 0 Å². The number of nitrogen functional groups attached to an aromatic ring is 1. The Morgan fingerprint density at radius 1 is 1.32 bits per heavy atom. The van der Waals surface area contributed by atoms with Gasteiger partial charge in [0.25, 0.3) is 10.1 Å². The highest BCUT2D eigenvalue weighted by molar-refractivity contribution is 8.00. The van der Waals surface area contributed by atoms with Gasteiger partial charge in [-0.05, 0) is 18.2 Å². The Morgan fingerprint density at radius 2 is 2.00 bits per heavy atom. The van der Waals surface area contributed by atoms with Gasteiger partial charge in [0.05, 0.1) is 11.5 Å². The molecule has 0 spiro atoms. The van der Waals surface area contributed by atoms with Crippen LogP contribution >= 0.6 is 11.8 Å². The van der Waals surface area contributed by atoms with Crippen LogP contribution in [0.2, 0.25) is 0 Å². The van der Waals surface area contributed by atoms with E-state index in [1.165, 1.54) is 28.5 Å². The molecule has 1 aliphatic heterocycles. The van der Waals surface area contributed by atoms with Crippen molar-refractivity contribution in [1.82, 2.24) is 9.55 Å². The number of benzene rings is 1. The van der Waals surface area contributed by atoms with Gasteiger partial charge in [-0.15, -0.1) is 11.8 Å². The molecule has 9 nitrogen and oxygen atoms in total. The van der Waals surface area contributed by atoms with Crippen molar-refractivity contribution < 1.29 is 22.8 Å². The second-order valence-corrected chi connectivity index (χ2v) is 7.48. The Labute approximate surface area is 148 Å². The smallest absolute Gasteiger partial charge is 0.351 e. The Kier molecular flexibility index (Phi) is 6.56. The quantitative estimate of drug-likeness (QED) is 0.635. The van der Waals surface area contributed by atoms with Gasteiger partial charge in [-0.25, -0.2) is 4.79 Å². The van der Waals surface area contributed by atoms with Crippen molar-refractivity contribution >= 4 is 27.7 Å². The summed E-state index contributed by atoms with van der Waals surface area (Å²) in [6.07, 6.45) is 1.18. The average molecular weight is 387 g/mol. The number of anilines is 1. The zero-order chi connectivity index (χ0) is 18.4. The van der Waals surface area contributed by atoms with Gasteiger partial charge in [0.2, 0.25) is 0 Å². The molecule has 1 saturated heterocycles. The van der Waals surface area contributed by atoms with E-state index in [-0.39, 0.29) is 29.0 Å². The number of aliphatic hydroxyl groups excluding tert-OH is 1. The molecular formula is C14H17N3O6S2. The van der Waals surface area contributed by atoms with Crippen LogP contribution in [0, 0.1) is 0 Å². The molecule has 1 aromatic carbocycles. The monoisotopic (exact) mass is 387 g/mol. The van der Waals surface area contributed by atoms with Crippen LogP contribution in [0.1, 0.15) is 6.23 Å². The van der Waals surface area contributed by atoms with Crippen LogP contribution < -0.4 is 11.4 Å². The molecule has 136 valence electrons. The molecule has 0 radical (unpaired) electrons. The fourth-order valence-electron chi connectivity index (χ4n) is 1.92. The van der Waals surface area contributed by atoms with E-state index in [2.05, 4.69) is 4.98 Å². The second-order valence-electron chi connectivity index (χ2n) is 4.87. The summed E-state index contributed by atoms with van der Waals surface area (Å²) in [4.78, 5) is 15.0. The largest absolute Gasteiger partial charge is 0.393 e. The first-order chi connectivity index (χ1) is 11.8. The lowest BCUT2D eigenvalue weighted by molar-refractivity contribution is -0.00629. The van der Waals surface area contributed by atoms with E-state index in [4.69, 9.17) is 20.1 Å². The third-order valence-electron chi connectivity index (χ3n) is 3.09. The van der Waals surface area contributed by atoms with Gasteiger partial charge in [0.15, 0.2) is 0 Å². The molecule has 4 N–H and O–H groups in total. The van der Waals surface area contributed by atoms with E-state index in [1.807, 2.05) is 0 Å². The molecular weight excluding hydrogens is 370 g/mol. The van der Waals surface area contributed by atoms with E-state index in [9.17, 15) is 13.2 Å². The molecule has 1 aliphatic rings. The van der Waals surface area contributed by atoms with Gasteiger partial charge in [-0.1, -0.05) is 18.2 Å². The highest BCUT2D eigenvalue weighted by atomic mass is 32.2. The molecule has 0 amide bonds. The SMILES string of the molecule is Nc1ccn([C@@H]2CS[C@H](CO)O2)c(=O)n1.O=S(=O)(O)c1ccccc1. The minimum Gasteiger partial charge on any atom is -0.393 e. The first kappa shape index (κ1) is 19.4. The maximum absolute atomic E-state index is 11.4. The van der Waals surface area contributed by atoms with Crippen LogP contribution in [0.5, 0.6) is 0 Å². The van der Waals surface area contributed by atoms with Crippen molar-refractivity contribution in [2.24, 2.45) is 0 Å². The molecule has 0 unspecified atom stereocenters. The zero-order valence-corrected chi connectivity index (χ0v) is 14.6. The van der Waals surface area contributed by atoms with Gasteiger partial charge in [-0.3, -0.25) is 9.12 Å². The van der Waals surface area contributed by atoms with Crippen LogP contribution in [0.3, 0.4) is 0 Å². The van der Waals surface area contributed by atoms with Gasteiger partial charge >= 0.3 is 5.69 Å². The van der Waals surface area contributed by atoms with E-state index in [1.54, 1.807) is 30.5 Å². The highest BCUT2D eigenvalue weighted by Crippen LogP contribution is 2.30. The van der Waals surface area contributed by atoms with Crippen molar-refractivity contribution in [2.75, 3.05) is 18.1 Å². The second kappa shape index (κ2) is 8.45. The number of thioether (sulfide) groups is 1. The molecule has 3 rings (SSSR count). The normalized spacial score (nSPS) is 19.9. The topological polar surface area (TPSA) is 145 Å². The number of rotatable bonds is 3. The van der Waals surface area contributed by atoms with Gasteiger partial charge in [0, 0.05) is 11.9 Å². The Morgan fingerprint density at radius 3 is 2.48 bits per heavy atom. The van der Waals surface area contributed by atoms with Crippen LogP contribution in [0.25, 0.3) is 0 Å². The molecule has 1 aromatic heterocycles. The number of nitrogens with zero attached hydrogens (tertiary/aromatic N) is 2. The molecule has 2 atom stereocenters. The predicted molar refractivity (Wildman–Crippen MR) is 92.6 cm³/mol. The Bertz CT molecular complexity index is 856. The summed E-state index contributed by atoms with van der Waals surface area (Å²) >= 11 is 1.47. The maximum Gasteiger partial charge on any atom is 0.351 e. The summed E-state index contributed by atoms with van der Waals surface area (Å²) in [5, 5.41) is 8.88. The number of aliphatic hydroxyl groups is 1. The summed E-state index contributed by atoms with van der Waals surface area (Å²) in [6, 6.07) is 8.97. The lowest BCUT2D eigenvalue weighted by Gasteiger charge is -2.13. The number of hydrogen-bond acceptors (Lipinski definition) is 8. The van der Waals surface area contributed by atoms with Crippen LogP contribution in [0.15, 0.2) is 52.3 Å². The molecule has 0 saturated carbocycles. The van der Waals surface area contributed by atoms with E-state index < -0.39 is 15.8 Å². The minimum absolute atomic E-state index is 0.0572. The van der Waals surface area contributed by atoms with Crippen molar-refractivity contribution in [3.05, 3.63) is 53.1 Å². The predicted octanol–water partition coefficient (Wildman–Crippen LogP) is 0.339. The lowest BCUT2D eigenvalue weighted by Crippen LogP contribution is -2.28. The zero-order valence-electron chi connectivity index (χ0n) is 12.9. The molecule has 11 heteroatoms. The summed E-state index contributed by atoms with van der Waals surface area (Å²) in [5.74, 6) is 0.817. The number of aromatic nitrogens is 2. The lowest BCUT2D eigenvalue weighted by atomic mass is 10.4. The minimum atomic E-state index is -4.00. The Hall–Kier alpha value is -1.92. The third-order valence-corrected chi connectivity index (χ3v) is 5.06. The number of nitrogens with two attached hydrogens (primary N) is 1. The van der Waals surface area contributed by atoms with Crippen LogP contribution in [-0.2, 0) is 14.9 Å². The standard InChI is InChI=1S/C8H11N3O3S.C6H6O3S/c9-5-1-2-11(8(13)10-5)6-4-15-7(3-12)14-6;7-10(8,9)6-4-2-1-3-5-6/h1-2,6-7,12H,3-4H2,(H2,9,10,13);1-5H,(H,7,8,9)/t6-,7+;/m0./s1. The van der Waals surface area contributed by atoms with Crippen molar-refractivity contribution in [3.8, 4) is 0 Å². The van der Waals surface area contributed by atoms with Gasteiger partial charge in [-0.2, -0.15) is 13.4 Å².